The van der Waals surface area contributed by atoms with Crippen molar-refractivity contribution in [3.8, 4) is 6.07 Å². The average Bonchev–Trinajstić information content (AvgIpc) is 1.91. The molecule has 0 saturated heterocycles. The first-order valence-electron chi connectivity index (χ1n) is 2.80. The zero-order chi connectivity index (χ0) is 7.11. The Morgan fingerprint density at radius 3 is 2.78 bits per heavy atom. The number of rotatable bonds is 4. The first-order chi connectivity index (χ1) is 4.35. The van der Waals surface area contributed by atoms with E-state index in [-0.39, 0.29) is 6.10 Å². The molecule has 0 saturated carbocycles. The van der Waals surface area contributed by atoms with E-state index >= 15 is 0 Å². The van der Waals surface area contributed by atoms with Crippen LogP contribution in [0.3, 0.4) is 0 Å². The van der Waals surface area contributed by atoms with Gasteiger partial charge in [0, 0.05) is 18.0 Å². The van der Waals surface area contributed by atoms with Crippen molar-refractivity contribution in [2.75, 3.05) is 11.5 Å². The van der Waals surface area contributed by atoms with Crippen molar-refractivity contribution in [1.29, 1.82) is 5.26 Å². The van der Waals surface area contributed by atoms with Gasteiger partial charge in [-0.2, -0.15) is 5.26 Å². The quantitative estimate of drug-likeness (QED) is 0.553. The second-order valence-electron chi connectivity index (χ2n) is 1.71. The van der Waals surface area contributed by atoms with Crippen LogP contribution < -0.4 is 0 Å². The zero-order valence-corrected chi connectivity index (χ0v) is 7.59. The van der Waals surface area contributed by atoms with E-state index in [1.807, 2.05) is 0 Å². The summed E-state index contributed by atoms with van der Waals surface area (Å²) in [6, 6.07) is 2.08. The Hall–Kier alpha value is 0.180. The summed E-state index contributed by atoms with van der Waals surface area (Å²) in [5.41, 5.74) is 0. The highest BCUT2D eigenvalue weighted by Crippen LogP contribution is 2.03. The number of nitriles is 1. The van der Waals surface area contributed by atoms with Gasteiger partial charge >= 0.3 is 0 Å². The third-order valence-corrected chi connectivity index (χ3v) is 2.07. The normalized spacial score (nSPS) is 12.6. The molecule has 0 aliphatic carbocycles. The van der Waals surface area contributed by atoms with Crippen LogP contribution in [0.2, 0.25) is 0 Å². The average molecular weight is 239 g/mol. The van der Waals surface area contributed by atoms with E-state index in [9.17, 15) is 0 Å². The molecule has 9 heavy (non-hydrogen) atoms. The van der Waals surface area contributed by atoms with Crippen molar-refractivity contribution in [2.24, 2.45) is 0 Å². The van der Waals surface area contributed by atoms with Crippen LogP contribution in [-0.2, 0) is 4.74 Å². The van der Waals surface area contributed by atoms with Crippen molar-refractivity contribution in [1.82, 2.24) is 0 Å². The van der Waals surface area contributed by atoms with Gasteiger partial charge in [0.05, 0.1) is 12.2 Å². The van der Waals surface area contributed by atoms with Gasteiger partial charge in [-0.15, -0.1) is 0 Å². The van der Waals surface area contributed by atoms with Crippen LogP contribution in [0.15, 0.2) is 0 Å². The highest BCUT2D eigenvalue weighted by atomic mass is 127. The van der Waals surface area contributed by atoms with E-state index in [1.165, 1.54) is 0 Å². The maximum absolute atomic E-state index is 8.20. The summed E-state index contributed by atoms with van der Waals surface area (Å²) in [5.74, 6) is 0. The largest absolute Gasteiger partial charge is 0.381 e. The van der Waals surface area contributed by atoms with Crippen LogP contribution in [0.4, 0.5) is 0 Å². The number of ether oxygens (including phenoxy) is 1. The molecule has 0 spiro atoms. The Kier molecular flexibility index (Phi) is 6.43. The molecule has 0 aromatic heterocycles. The second-order valence-corrected chi connectivity index (χ2v) is 2.59. The Morgan fingerprint density at radius 1 is 1.78 bits per heavy atom. The molecule has 1 atom stereocenters. The van der Waals surface area contributed by atoms with Gasteiger partial charge in [-0.1, -0.05) is 22.6 Å². The van der Waals surface area contributed by atoms with Crippen LogP contribution in [0.1, 0.15) is 12.8 Å². The van der Waals surface area contributed by atoms with Crippen LogP contribution in [0, 0.1) is 11.3 Å². The smallest absolute Gasteiger partial charge is 0.0670 e. The topological polar surface area (TPSA) is 33.0 Å². The Labute approximate surface area is 69.3 Å². The number of nitrogens with zero attached hydrogens (tertiary/aromatic N) is 1. The van der Waals surface area contributed by atoms with Crippen molar-refractivity contribution in [3.05, 3.63) is 0 Å². The summed E-state index contributed by atoms with van der Waals surface area (Å²) in [5, 5.41) is 8.20. The molecule has 2 nitrogen and oxygen atoms in total. The van der Waals surface area contributed by atoms with Crippen molar-refractivity contribution in [2.45, 2.75) is 18.9 Å². The van der Waals surface area contributed by atoms with Gasteiger partial charge in [-0.05, 0) is 6.42 Å². The summed E-state index contributed by atoms with van der Waals surface area (Å²) < 4.78 is 6.01. The van der Waals surface area contributed by atoms with Crippen molar-refractivity contribution < 1.29 is 4.74 Å². The maximum Gasteiger partial charge on any atom is 0.0670 e. The van der Waals surface area contributed by atoms with E-state index in [0.29, 0.717) is 6.42 Å². The van der Waals surface area contributed by atoms with Gasteiger partial charge in [0.2, 0.25) is 0 Å². The minimum atomic E-state index is 0.269. The molecule has 0 radical (unpaired) electrons. The number of methoxy groups -OCH3 is 1. The van der Waals surface area contributed by atoms with Gasteiger partial charge in [0.15, 0.2) is 0 Å². The van der Waals surface area contributed by atoms with Crippen LogP contribution >= 0.6 is 22.6 Å². The second kappa shape index (κ2) is 6.30. The van der Waals surface area contributed by atoms with Gasteiger partial charge in [-0.3, -0.25) is 0 Å². The molecule has 0 aromatic rings. The van der Waals surface area contributed by atoms with E-state index in [0.717, 1.165) is 10.8 Å². The maximum atomic E-state index is 8.20. The molecule has 52 valence electrons. The molecule has 0 aromatic carbocycles. The Bertz CT molecular complexity index is 95.7. The monoisotopic (exact) mass is 239 g/mol. The number of halogens is 1. The lowest BCUT2D eigenvalue weighted by Crippen LogP contribution is -2.10. The molecule has 0 N–H and O–H groups in total. The summed E-state index contributed by atoms with van der Waals surface area (Å²) in [6.07, 6.45) is 1.72. The van der Waals surface area contributed by atoms with Crippen LogP contribution in [0.25, 0.3) is 0 Å². The van der Waals surface area contributed by atoms with E-state index in [2.05, 4.69) is 28.7 Å². The fraction of sp³-hybridized carbons (Fsp3) is 0.833. The predicted octanol–water partition coefficient (Wildman–Crippen LogP) is 1.74. The SMILES string of the molecule is CO[C@@H](CI)CCC#N. The lowest BCUT2D eigenvalue weighted by atomic mass is 10.2. The molecule has 0 aliphatic rings. The first kappa shape index (κ1) is 9.18. The minimum absolute atomic E-state index is 0.269. The van der Waals surface area contributed by atoms with E-state index < -0.39 is 0 Å². The van der Waals surface area contributed by atoms with E-state index in [4.69, 9.17) is 10.00 Å². The molecule has 0 rings (SSSR count). The minimum Gasteiger partial charge on any atom is -0.381 e. The van der Waals surface area contributed by atoms with Crippen LogP contribution in [0.5, 0.6) is 0 Å². The molecule has 3 heteroatoms. The van der Waals surface area contributed by atoms with Gasteiger partial charge in [-0.25, -0.2) is 0 Å². The molecule has 0 unspecified atom stereocenters. The number of hydrogen-bond acceptors (Lipinski definition) is 2. The van der Waals surface area contributed by atoms with Gasteiger partial charge in [0.25, 0.3) is 0 Å². The molecule has 0 amide bonds. The molecule has 0 heterocycles. The van der Waals surface area contributed by atoms with Crippen LogP contribution in [-0.4, -0.2) is 17.6 Å². The first-order valence-corrected chi connectivity index (χ1v) is 4.33. The fourth-order valence-electron chi connectivity index (χ4n) is 0.484. The summed E-state index contributed by atoms with van der Waals surface area (Å²) >= 11 is 2.25. The fourth-order valence-corrected chi connectivity index (χ4v) is 1.28. The number of alkyl halides is 1. The van der Waals surface area contributed by atoms with Crippen molar-refractivity contribution >= 4 is 22.6 Å². The summed E-state index contributed by atoms with van der Waals surface area (Å²) in [6.45, 7) is 0. The third-order valence-electron chi connectivity index (χ3n) is 1.08. The molecule has 0 aliphatic heterocycles. The molecular weight excluding hydrogens is 229 g/mol. The predicted molar refractivity (Wildman–Crippen MR) is 44.5 cm³/mol. The molecular formula is C6H10INO. The lowest BCUT2D eigenvalue weighted by Gasteiger charge is -2.07. The Morgan fingerprint density at radius 2 is 2.44 bits per heavy atom. The number of hydrogen-bond donors (Lipinski definition) is 0. The lowest BCUT2D eigenvalue weighted by molar-refractivity contribution is 0.118. The zero-order valence-electron chi connectivity index (χ0n) is 5.43. The summed E-state index contributed by atoms with van der Waals surface area (Å²) in [4.78, 5) is 0. The summed E-state index contributed by atoms with van der Waals surface area (Å²) in [7, 11) is 1.68. The van der Waals surface area contributed by atoms with Crippen molar-refractivity contribution in [3.63, 3.8) is 0 Å². The highest BCUT2D eigenvalue weighted by Gasteiger charge is 2.02. The third kappa shape index (κ3) is 4.67. The highest BCUT2D eigenvalue weighted by molar-refractivity contribution is 14.1. The van der Waals surface area contributed by atoms with Gasteiger partial charge < -0.3 is 4.74 Å². The standard InChI is InChI=1S/C6H10INO/c1-9-6(5-7)3-2-4-8/h6H,2-3,5H2,1H3/t6-/m1/s1. The van der Waals surface area contributed by atoms with E-state index in [1.54, 1.807) is 7.11 Å². The molecule has 0 fully saturated rings. The van der Waals surface area contributed by atoms with Gasteiger partial charge in [0.1, 0.15) is 0 Å². The molecule has 0 bridgehead atoms. The Balaban J connectivity index is 3.22.